The second-order valence-corrected chi connectivity index (χ2v) is 6.23. The van der Waals surface area contributed by atoms with Gasteiger partial charge in [-0.3, -0.25) is 4.79 Å². The number of carbonyl (C=O) groups is 1. The Hall–Kier alpha value is -2.36. The largest absolute Gasteiger partial charge is 0.340 e. The molecule has 1 N–H and O–H groups in total. The van der Waals surface area contributed by atoms with Gasteiger partial charge in [0, 0.05) is 25.0 Å². The average Bonchev–Trinajstić information content (AvgIpc) is 2.54. The van der Waals surface area contributed by atoms with Crippen LogP contribution in [-0.2, 0) is 0 Å². The molecule has 1 aromatic heterocycles. The Labute approximate surface area is 144 Å². The Bertz CT molecular complexity index is 654. The van der Waals surface area contributed by atoms with Crippen LogP contribution in [0.15, 0.2) is 36.5 Å². The Kier molecular flexibility index (Phi) is 6.36. The summed E-state index contributed by atoms with van der Waals surface area (Å²) in [6.45, 7) is 9.90. The van der Waals surface area contributed by atoms with Crippen molar-refractivity contribution < 1.29 is 4.79 Å². The van der Waals surface area contributed by atoms with Crippen molar-refractivity contribution in [3.05, 3.63) is 53.2 Å². The van der Waals surface area contributed by atoms with Crippen molar-refractivity contribution in [2.75, 3.05) is 18.4 Å². The van der Waals surface area contributed by atoms with Crippen LogP contribution in [-0.4, -0.2) is 28.9 Å². The van der Waals surface area contributed by atoms with E-state index < -0.39 is 0 Å². The quantitative estimate of drug-likeness (QED) is 0.802. The van der Waals surface area contributed by atoms with Gasteiger partial charge in [0.25, 0.3) is 5.91 Å². The van der Waals surface area contributed by atoms with E-state index in [0.29, 0.717) is 5.56 Å². The molecule has 24 heavy (non-hydrogen) atoms. The van der Waals surface area contributed by atoms with Crippen LogP contribution < -0.4 is 5.32 Å². The Morgan fingerprint density at radius 2 is 1.67 bits per heavy atom. The first-order valence-electron chi connectivity index (χ1n) is 8.64. The number of amides is 1. The SMILES string of the molecule is CCCN(CCC)C(=O)c1ccc(Nc2cc(C)cc(C)c2)nc1. The lowest BCUT2D eigenvalue weighted by atomic mass is 10.1. The summed E-state index contributed by atoms with van der Waals surface area (Å²) < 4.78 is 0. The summed E-state index contributed by atoms with van der Waals surface area (Å²) in [5.74, 6) is 0.804. The van der Waals surface area contributed by atoms with Gasteiger partial charge >= 0.3 is 0 Å². The van der Waals surface area contributed by atoms with E-state index in [1.807, 2.05) is 17.0 Å². The molecular weight excluding hydrogens is 298 g/mol. The first kappa shape index (κ1) is 18.0. The molecule has 1 heterocycles. The fourth-order valence-electron chi connectivity index (χ4n) is 2.83. The van der Waals surface area contributed by atoms with E-state index in [4.69, 9.17) is 0 Å². The predicted octanol–water partition coefficient (Wildman–Crippen LogP) is 4.70. The number of hydrogen-bond acceptors (Lipinski definition) is 3. The smallest absolute Gasteiger partial charge is 0.255 e. The van der Waals surface area contributed by atoms with Crippen molar-refractivity contribution in [2.45, 2.75) is 40.5 Å². The fraction of sp³-hybridized carbons (Fsp3) is 0.400. The van der Waals surface area contributed by atoms with Crippen molar-refractivity contribution in [1.29, 1.82) is 0 Å². The summed E-state index contributed by atoms with van der Waals surface area (Å²) in [7, 11) is 0. The molecule has 1 amide bonds. The second kappa shape index (κ2) is 8.48. The van der Waals surface area contributed by atoms with Crippen molar-refractivity contribution in [3.8, 4) is 0 Å². The summed E-state index contributed by atoms with van der Waals surface area (Å²) >= 11 is 0. The van der Waals surface area contributed by atoms with E-state index in [-0.39, 0.29) is 5.91 Å². The normalized spacial score (nSPS) is 10.5. The molecular formula is C20H27N3O. The first-order chi connectivity index (χ1) is 11.5. The Morgan fingerprint density at radius 1 is 1.04 bits per heavy atom. The zero-order valence-electron chi connectivity index (χ0n) is 15.1. The van der Waals surface area contributed by atoms with Crippen molar-refractivity contribution in [2.24, 2.45) is 0 Å². The maximum atomic E-state index is 12.5. The van der Waals surface area contributed by atoms with Crippen molar-refractivity contribution in [1.82, 2.24) is 9.88 Å². The number of rotatable bonds is 7. The van der Waals surface area contributed by atoms with Gasteiger partial charge in [0.15, 0.2) is 0 Å². The van der Waals surface area contributed by atoms with Gasteiger partial charge in [0.05, 0.1) is 5.56 Å². The Morgan fingerprint density at radius 3 is 2.17 bits per heavy atom. The number of hydrogen-bond donors (Lipinski definition) is 1. The average molecular weight is 325 g/mol. The maximum absolute atomic E-state index is 12.5. The number of aryl methyl sites for hydroxylation is 2. The summed E-state index contributed by atoms with van der Waals surface area (Å²) in [4.78, 5) is 18.8. The van der Waals surface area contributed by atoms with E-state index in [1.165, 1.54) is 11.1 Å². The lowest BCUT2D eigenvalue weighted by molar-refractivity contribution is 0.0755. The Balaban J connectivity index is 2.10. The number of nitrogens with zero attached hydrogens (tertiary/aromatic N) is 2. The molecule has 0 bridgehead atoms. The zero-order chi connectivity index (χ0) is 17.5. The molecule has 0 atom stereocenters. The van der Waals surface area contributed by atoms with Crippen LogP contribution in [0.3, 0.4) is 0 Å². The van der Waals surface area contributed by atoms with Crippen LogP contribution in [0.1, 0.15) is 48.2 Å². The molecule has 4 heteroatoms. The molecule has 0 aliphatic carbocycles. The molecule has 0 aliphatic heterocycles. The maximum Gasteiger partial charge on any atom is 0.255 e. The highest BCUT2D eigenvalue weighted by molar-refractivity contribution is 5.94. The van der Waals surface area contributed by atoms with Crippen LogP contribution in [0, 0.1) is 13.8 Å². The molecule has 128 valence electrons. The predicted molar refractivity (Wildman–Crippen MR) is 99.9 cm³/mol. The van der Waals surface area contributed by atoms with Gasteiger partial charge in [-0.2, -0.15) is 0 Å². The standard InChI is InChI=1S/C20H27N3O/c1-5-9-23(10-6-2)20(24)17-7-8-19(21-14-17)22-18-12-15(3)11-16(4)13-18/h7-8,11-14H,5-6,9-10H2,1-4H3,(H,21,22). The zero-order valence-corrected chi connectivity index (χ0v) is 15.1. The molecule has 0 radical (unpaired) electrons. The molecule has 2 aromatic rings. The molecule has 0 unspecified atom stereocenters. The van der Waals surface area contributed by atoms with Gasteiger partial charge in [0.1, 0.15) is 5.82 Å². The number of pyridine rings is 1. The van der Waals surface area contributed by atoms with E-state index >= 15 is 0 Å². The third-order valence-electron chi connectivity index (χ3n) is 3.78. The summed E-state index contributed by atoms with van der Waals surface area (Å²) in [5.41, 5.74) is 4.07. The summed E-state index contributed by atoms with van der Waals surface area (Å²) in [6.07, 6.45) is 3.59. The molecule has 0 spiro atoms. The number of carbonyl (C=O) groups excluding carboxylic acids is 1. The van der Waals surface area contributed by atoms with Gasteiger partial charge in [0.2, 0.25) is 0 Å². The minimum absolute atomic E-state index is 0.0594. The number of nitrogens with one attached hydrogen (secondary N) is 1. The van der Waals surface area contributed by atoms with Crippen LogP contribution in [0.5, 0.6) is 0 Å². The van der Waals surface area contributed by atoms with Crippen molar-refractivity contribution in [3.63, 3.8) is 0 Å². The molecule has 1 aromatic carbocycles. The molecule has 0 fully saturated rings. The lowest BCUT2D eigenvalue weighted by Crippen LogP contribution is -2.32. The highest BCUT2D eigenvalue weighted by Crippen LogP contribution is 2.18. The molecule has 0 aliphatic rings. The van der Waals surface area contributed by atoms with E-state index in [9.17, 15) is 4.79 Å². The number of anilines is 2. The van der Waals surface area contributed by atoms with Crippen molar-refractivity contribution >= 4 is 17.4 Å². The van der Waals surface area contributed by atoms with Gasteiger partial charge in [-0.15, -0.1) is 0 Å². The van der Waals surface area contributed by atoms with Crippen LogP contribution >= 0.6 is 0 Å². The fourth-order valence-corrected chi connectivity index (χ4v) is 2.83. The molecule has 0 saturated heterocycles. The van der Waals surface area contributed by atoms with Gasteiger partial charge < -0.3 is 10.2 Å². The van der Waals surface area contributed by atoms with E-state index in [2.05, 4.69) is 56.2 Å². The second-order valence-electron chi connectivity index (χ2n) is 6.23. The third kappa shape index (κ3) is 4.82. The van der Waals surface area contributed by atoms with Crippen LogP contribution in [0.2, 0.25) is 0 Å². The van der Waals surface area contributed by atoms with Crippen LogP contribution in [0.25, 0.3) is 0 Å². The summed E-state index contributed by atoms with van der Waals surface area (Å²) in [6, 6.07) is 10.0. The third-order valence-corrected chi connectivity index (χ3v) is 3.78. The highest BCUT2D eigenvalue weighted by atomic mass is 16.2. The summed E-state index contributed by atoms with van der Waals surface area (Å²) in [5, 5.41) is 3.30. The molecule has 2 rings (SSSR count). The van der Waals surface area contributed by atoms with Gasteiger partial charge in [-0.25, -0.2) is 4.98 Å². The number of benzene rings is 1. The lowest BCUT2D eigenvalue weighted by Gasteiger charge is -2.21. The molecule has 4 nitrogen and oxygen atoms in total. The monoisotopic (exact) mass is 325 g/mol. The van der Waals surface area contributed by atoms with E-state index in [1.54, 1.807) is 6.20 Å². The minimum Gasteiger partial charge on any atom is -0.340 e. The topological polar surface area (TPSA) is 45.2 Å². The van der Waals surface area contributed by atoms with E-state index in [0.717, 1.165) is 37.4 Å². The number of aromatic nitrogens is 1. The van der Waals surface area contributed by atoms with Crippen LogP contribution in [0.4, 0.5) is 11.5 Å². The van der Waals surface area contributed by atoms with Gasteiger partial charge in [-0.05, 0) is 62.1 Å². The van der Waals surface area contributed by atoms with Gasteiger partial charge in [-0.1, -0.05) is 19.9 Å². The first-order valence-corrected chi connectivity index (χ1v) is 8.64. The highest BCUT2D eigenvalue weighted by Gasteiger charge is 2.14. The molecule has 0 saturated carbocycles. The minimum atomic E-state index is 0.0594.